The zero-order valence-electron chi connectivity index (χ0n) is 12.2. The van der Waals surface area contributed by atoms with E-state index < -0.39 is 11.8 Å². The van der Waals surface area contributed by atoms with Gasteiger partial charge in [-0.05, 0) is 36.5 Å². The minimum atomic E-state index is -0.633. The molecule has 0 saturated carbocycles. The highest BCUT2D eigenvalue weighted by molar-refractivity contribution is 7.73. The van der Waals surface area contributed by atoms with Crippen LogP contribution < -0.4 is 0 Å². The molecule has 23 heavy (non-hydrogen) atoms. The molecule has 2 aromatic rings. The largest absolute Gasteiger partial charge is 0.493 e. The molecule has 1 aromatic carbocycles. The maximum Gasteiger partial charge on any atom is 0.357 e. The van der Waals surface area contributed by atoms with Gasteiger partial charge in [-0.1, -0.05) is 0 Å². The van der Waals surface area contributed by atoms with Crippen LogP contribution in [0.3, 0.4) is 0 Å². The Morgan fingerprint density at radius 1 is 1.52 bits per heavy atom. The molecular formula is C15H11FN2O3S2. The third kappa shape index (κ3) is 2.60. The molecule has 5 nitrogen and oxygen atoms in total. The summed E-state index contributed by atoms with van der Waals surface area (Å²) in [5.41, 5.74) is 1.39. The zero-order valence-corrected chi connectivity index (χ0v) is 13.8. The third-order valence-corrected chi connectivity index (χ3v) is 4.89. The van der Waals surface area contributed by atoms with Gasteiger partial charge in [0.2, 0.25) is 5.88 Å². The molecule has 0 aliphatic carbocycles. The minimum Gasteiger partial charge on any atom is -0.493 e. The molecule has 1 N–H and O–H groups in total. The molecule has 2 heterocycles. The number of thiazole rings is 1. The SMILES string of the molecule is COC(=O)C1=Nc2ccc(F)cc2/C1=C\c1sc(=S)n(C)c1O. The summed E-state index contributed by atoms with van der Waals surface area (Å²) in [6, 6.07) is 4.05. The van der Waals surface area contributed by atoms with Crippen LogP contribution in [0.2, 0.25) is 0 Å². The molecule has 8 heteroatoms. The standard InChI is InChI=1S/C15H11FN2O3S2/c1-18-13(19)11(23-15(18)22)6-9-8-5-7(16)3-4-10(8)17-12(9)14(20)21-2/h3-6,19H,1-2H3/b9-6+. The van der Waals surface area contributed by atoms with Crippen LogP contribution in [0, 0.1) is 9.77 Å². The van der Waals surface area contributed by atoms with Crippen LogP contribution in [0.25, 0.3) is 11.6 Å². The molecule has 0 radical (unpaired) electrons. The van der Waals surface area contributed by atoms with Gasteiger partial charge >= 0.3 is 5.97 Å². The smallest absolute Gasteiger partial charge is 0.357 e. The average Bonchev–Trinajstić information content (AvgIpc) is 3.00. The Balaban J connectivity index is 2.22. The van der Waals surface area contributed by atoms with E-state index in [-0.39, 0.29) is 11.6 Å². The van der Waals surface area contributed by atoms with E-state index in [1.54, 1.807) is 13.1 Å². The molecule has 0 fully saturated rings. The minimum absolute atomic E-state index is 0.0263. The molecule has 0 saturated heterocycles. The van der Waals surface area contributed by atoms with Gasteiger partial charge in [0.1, 0.15) is 5.82 Å². The second kappa shape index (κ2) is 5.71. The fraction of sp³-hybridized carbons (Fsp3) is 0.133. The highest BCUT2D eigenvalue weighted by Gasteiger charge is 2.28. The predicted molar refractivity (Wildman–Crippen MR) is 89.2 cm³/mol. The van der Waals surface area contributed by atoms with Crippen molar-refractivity contribution in [1.82, 2.24) is 4.57 Å². The van der Waals surface area contributed by atoms with Crippen LogP contribution >= 0.6 is 23.6 Å². The zero-order chi connectivity index (χ0) is 16.7. The molecule has 0 atom stereocenters. The van der Waals surface area contributed by atoms with Crippen LogP contribution in [-0.2, 0) is 16.6 Å². The number of carbonyl (C=O) groups excluding carboxylic acids is 1. The molecule has 0 spiro atoms. The number of nitrogens with zero attached hydrogens (tertiary/aromatic N) is 2. The predicted octanol–water partition coefficient (Wildman–Crippen LogP) is 3.46. The number of hydrogen-bond donors (Lipinski definition) is 1. The number of aliphatic imine (C=N–C) groups is 1. The lowest BCUT2D eigenvalue weighted by molar-refractivity contribution is -0.132. The van der Waals surface area contributed by atoms with E-state index in [4.69, 9.17) is 17.0 Å². The lowest BCUT2D eigenvalue weighted by Crippen LogP contribution is -2.14. The number of carbonyl (C=O) groups is 1. The summed E-state index contributed by atoms with van der Waals surface area (Å²) in [6.07, 6.45) is 1.57. The van der Waals surface area contributed by atoms with Crippen molar-refractivity contribution in [3.63, 3.8) is 0 Å². The number of halogens is 1. The van der Waals surface area contributed by atoms with Crippen molar-refractivity contribution < 1.29 is 19.0 Å². The van der Waals surface area contributed by atoms with Gasteiger partial charge < -0.3 is 9.84 Å². The van der Waals surface area contributed by atoms with Crippen molar-refractivity contribution in [3.8, 4) is 5.88 Å². The van der Waals surface area contributed by atoms with Gasteiger partial charge in [0, 0.05) is 18.2 Å². The Labute approximate surface area is 140 Å². The Kier molecular flexibility index (Phi) is 3.87. The summed E-state index contributed by atoms with van der Waals surface area (Å²) in [5, 5.41) is 10.1. The summed E-state index contributed by atoms with van der Waals surface area (Å²) in [4.78, 5) is 16.6. The van der Waals surface area contributed by atoms with Crippen molar-refractivity contribution in [1.29, 1.82) is 0 Å². The van der Waals surface area contributed by atoms with E-state index in [1.165, 1.54) is 41.2 Å². The number of fused-ring (bicyclic) bond motifs is 1. The van der Waals surface area contributed by atoms with Gasteiger partial charge in [-0.3, -0.25) is 4.57 Å². The number of aromatic nitrogens is 1. The fourth-order valence-electron chi connectivity index (χ4n) is 2.21. The number of methoxy groups -OCH3 is 1. The van der Waals surface area contributed by atoms with Gasteiger partial charge in [0.05, 0.1) is 17.7 Å². The number of benzene rings is 1. The molecular weight excluding hydrogens is 339 g/mol. The average molecular weight is 350 g/mol. The summed E-state index contributed by atoms with van der Waals surface area (Å²) in [6.45, 7) is 0. The number of esters is 1. The molecule has 1 aliphatic rings. The molecule has 0 bridgehead atoms. The van der Waals surface area contributed by atoms with Gasteiger partial charge in [-0.25, -0.2) is 14.2 Å². The van der Waals surface area contributed by atoms with Crippen molar-refractivity contribution >= 4 is 52.6 Å². The van der Waals surface area contributed by atoms with Gasteiger partial charge in [0.15, 0.2) is 9.67 Å². The van der Waals surface area contributed by atoms with E-state index in [1.807, 2.05) is 0 Å². The Morgan fingerprint density at radius 3 is 2.87 bits per heavy atom. The number of ether oxygens (including phenoxy) is 1. The van der Waals surface area contributed by atoms with Crippen LogP contribution in [0.5, 0.6) is 5.88 Å². The van der Waals surface area contributed by atoms with Gasteiger partial charge in [-0.2, -0.15) is 0 Å². The van der Waals surface area contributed by atoms with Crippen LogP contribution in [0.4, 0.5) is 10.1 Å². The fourth-order valence-corrected chi connectivity index (χ4v) is 3.39. The summed E-state index contributed by atoms with van der Waals surface area (Å²) >= 11 is 6.29. The quantitative estimate of drug-likeness (QED) is 0.665. The van der Waals surface area contributed by atoms with Crippen molar-refractivity contribution in [2.45, 2.75) is 0 Å². The van der Waals surface area contributed by atoms with Crippen molar-refractivity contribution in [3.05, 3.63) is 38.4 Å². The topological polar surface area (TPSA) is 63.8 Å². The highest BCUT2D eigenvalue weighted by Crippen LogP contribution is 2.39. The second-order valence-electron chi connectivity index (χ2n) is 4.79. The Morgan fingerprint density at radius 2 is 2.26 bits per heavy atom. The molecule has 0 amide bonds. The number of rotatable bonds is 2. The van der Waals surface area contributed by atoms with E-state index in [0.29, 0.717) is 25.7 Å². The van der Waals surface area contributed by atoms with E-state index in [9.17, 15) is 14.3 Å². The number of hydrogen-bond acceptors (Lipinski definition) is 6. The Bertz CT molecular complexity index is 941. The van der Waals surface area contributed by atoms with Gasteiger partial charge in [-0.15, -0.1) is 11.3 Å². The first-order valence-electron chi connectivity index (χ1n) is 6.50. The maximum absolute atomic E-state index is 13.6. The first-order valence-corrected chi connectivity index (χ1v) is 7.72. The molecule has 1 aliphatic heterocycles. The van der Waals surface area contributed by atoms with Crippen LogP contribution in [0.15, 0.2) is 23.2 Å². The normalized spacial score (nSPS) is 14.7. The lowest BCUT2D eigenvalue weighted by atomic mass is 10.0. The monoisotopic (exact) mass is 350 g/mol. The van der Waals surface area contributed by atoms with E-state index in [0.717, 1.165) is 0 Å². The van der Waals surface area contributed by atoms with Crippen LogP contribution in [0.1, 0.15) is 10.4 Å². The second-order valence-corrected chi connectivity index (χ2v) is 6.46. The summed E-state index contributed by atoms with van der Waals surface area (Å²) < 4.78 is 20.2. The highest BCUT2D eigenvalue weighted by atomic mass is 32.1. The van der Waals surface area contributed by atoms with E-state index in [2.05, 4.69) is 4.99 Å². The molecule has 3 rings (SSSR count). The molecule has 118 valence electrons. The summed E-state index contributed by atoms with van der Waals surface area (Å²) in [7, 11) is 2.88. The van der Waals surface area contributed by atoms with Crippen molar-refractivity contribution in [2.24, 2.45) is 12.0 Å². The van der Waals surface area contributed by atoms with Crippen LogP contribution in [-0.4, -0.2) is 28.5 Å². The lowest BCUT2D eigenvalue weighted by Gasteiger charge is -2.04. The molecule has 1 aromatic heterocycles. The number of aromatic hydroxyl groups is 1. The summed E-state index contributed by atoms with van der Waals surface area (Å²) in [5.74, 6) is -1.10. The Hall–Kier alpha value is -2.32. The molecule has 0 unspecified atom stereocenters. The third-order valence-electron chi connectivity index (χ3n) is 3.40. The van der Waals surface area contributed by atoms with E-state index >= 15 is 0 Å². The van der Waals surface area contributed by atoms with Crippen molar-refractivity contribution in [2.75, 3.05) is 7.11 Å². The first kappa shape index (κ1) is 15.6. The first-order chi connectivity index (χ1) is 10.9. The maximum atomic E-state index is 13.6. The van der Waals surface area contributed by atoms with Gasteiger partial charge in [0.25, 0.3) is 0 Å².